The van der Waals surface area contributed by atoms with Crippen molar-refractivity contribution in [2.75, 3.05) is 0 Å². The van der Waals surface area contributed by atoms with Gasteiger partial charge in [0.25, 0.3) is 0 Å². The second kappa shape index (κ2) is 5.21. The van der Waals surface area contributed by atoms with Crippen LogP contribution in [0.4, 0.5) is 8.78 Å². The van der Waals surface area contributed by atoms with Crippen molar-refractivity contribution in [3.8, 4) is 6.07 Å². The molecule has 20 heavy (non-hydrogen) atoms. The van der Waals surface area contributed by atoms with Gasteiger partial charge in [-0.15, -0.1) is 0 Å². The highest BCUT2D eigenvalue weighted by Crippen LogP contribution is 2.33. The zero-order valence-corrected chi connectivity index (χ0v) is 10.0. The van der Waals surface area contributed by atoms with E-state index in [9.17, 15) is 23.7 Å². The van der Waals surface area contributed by atoms with Crippen molar-refractivity contribution in [1.29, 1.82) is 5.26 Å². The van der Waals surface area contributed by atoms with Gasteiger partial charge >= 0.3 is 0 Å². The van der Waals surface area contributed by atoms with Crippen LogP contribution in [0.3, 0.4) is 0 Å². The standard InChI is InChI=1S/C12H9F2N3O3/c13-6-1-2-7(9(14)3-6)10(5-15)16-12(18)8-4-11(8)17(19)20/h1-3,8,10-11H,4H2,(H,16,18). The van der Waals surface area contributed by atoms with Crippen molar-refractivity contribution in [3.05, 3.63) is 45.5 Å². The topological polar surface area (TPSA) is 96.0 Å². The summed E-state index contributed by atoms with van der Waals surface area (Å²) in [5.74, 6) is -3.24. The Kier molecular flexibility index (Phi) is 3.61. The Balaban J connectivity index is 2.09. The van der Waals surface area contributed by atoms with Crippen molar-refractivity contribution >= 4 is 5.91 Å². The highest BCUT2D eigenvalue weighted by molar-refractivity contribution is 5.82. The van der Waals surface area contributed by atoms with E-state index in [2.05, 4.69) is 5.32 Å². The van der Waals surface area contributed by atoms with Crippen molar-refractivity contribution in [2.45, 2.75) is 18.5 Å². The predicted octanol–water partition coefficient (Wildman–Crippen LogP) is 1.31. The van der Waals surface area contributed by atoms with Crippen LogP contribution in [0.15, 0.2) is 18.2 Å². The normalized spacial score (nSPS) is 21.6. The molecule has 104 valence electrons. The van der Waals surface area contributed by atoms with Crippen molar-refractivity contribution in [3.63, 3.8) is 0 Å². The molecule has 3 unspecified atom stereocenters. The zero-order chi connectivity index (χ0) is 14.9. The largest absolute Gasteiger partial charge is 0.336 e. The molecular weight excluding hydrogens is 272 g/mol. The molecule has 1 aliphatic rings. The van der Waals surface area contributed by atoms with Crippen LogP contribution in [0.1, 0.15) is 18.0 Å². The summed E-state index contributed by atoms with van der Waals surface area (Å²) in [5.41, 5.74) is -0.180. The number of hydrogen-bond donors (Lipinski definition) is 1. The first kappa shape index (κ1) is 13.9. The number of carbonyl (C=O) groups excluding carboxylic acids is 1. The maximum absolute atomic E-state index is 13.5. The van der Waals surface area contributed by atoms with Crippen LogP contribution in [0.25, 0.3) is 0 Å². The second-order valence-corrected chi connectivity index (χ2v) is 4.43. The third-order valence-corrected chi connectivity index (χ3v) is 3.05. The van der Waals surface area contributed by atoms with E-state index < -0.39 is 40.5 Å². The van der Waals surface area contributed by atoms with Crippen LogP contribution in [0.5, 0.6) is 0 Å². The van der Waals surface area contributed by atoms with Gasteiger partial charge in [-0.3, -0.25) is 14.9 Å². The Labute approximate surface area is 112 Å². The molecule has 1 aromatic carbocycles. The van der Waals surface area contributed by atoms with Crippen molar-refractivity contribution in [2.24, 2.45) is 5.92 Å². The van der Waals surface area contributed by atoms with Crippen LogP contribution >= 0.6 is 0 Å². The highest BCUT2D eigenvalue weighted by Gasteiger charge is 2.53. The van der Waals surface area contributed by atoms with E-state index in [1.807, 2.05) is 0 Å². The summed E-state index contributed by atoms with van der Waals surface area (Å²) < 4.78 is 26.3. The molecule has 3 atom stereocenters. The Morgan fingerprint density at radius 2 is 2.25 bits per heavy atom. The Bertz CT molecular complexity index is 614. The predicted molar refractivity (Wildman–Crippen MR) is 61.7 cm³/mol. The molecule has 1 amide bonds. The van der Waals surface area contributed by atoms with E-state index in [1.165, 1.54) is 0 Å². The van der Waals surface area contributed by atoms with Crippen LogP contribution in [-0.4, -0.2) is 16.9 Å². The first-order valence-corrected chi connectivity index (χ1v) is 5.72. The van der Waals surface area contributed by atoms with Crippen molar-refractivity contribution in [1.82, 2.24) is 5.32 Å². The Hall–Kier alpha value is -2.56. The number of benzene rings is 1. The first-order valence-electron chi connectivity index (χ1n) is 5.72. The van der Waals surface area contributed by atoms with Crippen LogP contribution in [0, 0.1) is 39.0 Å². The summed E-state index contributed by atoms with van der Waals surface area (Å²) in [7, 11) is 0. The molecular formula is C12H9F2N3O3. The smallest absolute Gasteiger partial charge is 0.231 e. The van der Waals surface area contributed by atoms with Gasteiger partial charge in [-0.05, 0) is 6.07 Å². The lowest BCUT2D eigenvalue weighted by Gasteiger charge is -2.12. The average Bonchev–Trinajstić information content (AvgIpc) is 3.16. The number of nitrogens with zero attached hydrogens (tertiary/aromatic N) is 2. The lowest BCUT2D eigenvalue weighted by atomic mass is 10.1. The number of nitro groups is 1. The zero-order valence-electron chi connectivity index (χ0n) is 10.0. The number of nitriles is 1. The average molecular weight is 281 g/mol. The molecule has 1 saturated carbocycles. The van der Waals surface area contributed by atoms with E-state index in [-0.39, 0.29) is 12.0 Å². The van der Waals surface area contributed by atoms with E-state index >= 15 is 0 Å². The third-order valence-electron chi connectivity index (χ3n) is 3.05. The van der Waals surface area contributed by atoms with E-state index in [0.29, 0.717) is 6.07 Å². The van der Waals surface area contributed by atoms with Gasteiger partial charge < -0.3 is 5.32 Å². The molecule has 0 aliphatic heterocycles. The molecule has 0 heterocycles. The molecule has 6 nitrogen and oxygen atoms in total. The number of rotatable bonds is 4. The van der Waals surface area contributed by atoms with E-state index in [1.54, 1.807) is 6.07 Å². The summed E-state index contributed by atoms with van der Waals surface area (Å²) in [6.07, 6.45) is 0.100. The minimum atomic E-state index is -1.31. The van der Waals surface area contributed by atoms with Crippen molar-refractivity contribution < 1.29 is 18.5 Å². The van der Waals surface area contributed by atoms with E-state index in [0.717, 1.165) is 12.1 Å². The molecule has 0 spiro atoms. The molecule has 0 aromatic heterocycles. The van der Waals surface area contributed by atoms with Gasteiger partial charge in [0.2, 0.25) is 11.9 Å². The minimum Gasteiger partial charge on any atom is -0.336 e. The molecule has 8 heteroatoms. The molecule has 1 aromatic rings. The van der Waals surface area contributed by atoms with Gasteiger partial charge in [0, 0.05) is 23.0 Å². The fourth-order valence-electron chi connectivity index (χ4n) is 1.86. The van der Waals surface area contributed by atoms with Gasteiger partial charge in [0.15, 0.2) is 0 Å². The molecule has 1 fully saturated rings. The monoisotopic (exact) mass is 281 g/mol. The Morgan fingerprint density at radius 1 is 1.55 bits per heavy atom. The minimum absolute atomic E-state index is 0.100. The summed E-state index contributed by atoms with van der Waals surface area (Å²) in [6, 6.07) is 2.03. The number of carbonyl (C=O) groups is 1. The lowest BCUT2D eigenvalue weighted by Crippen LogP contribution is -2.31. The molecule has 0 radical (unpaired) electrons. The summed E-state index contributed by atoms with van der Waals surface area (Å²) in [5, 5.41) is 21.6. The van der Waals surface area contributed by atoms with Gasteiger partial charge in [-0.2, -0.15) is 5.26 Å². The SMILES string of the molecule is N#CC(NC(=O)C1CC1[N+](=O)[O-])c1ccc(F)cc1F. The summed E-state index contributed by atoms with van der Waals surface area (Å²) >= 11 is 0. The summed E-state index contributed by atoms with van der Waals surface area (Å²) in [6.45, 7) is 0. The Morgan fingerprint density at radius 3 is 2.75 bits per heavy atom. The molecule has 1 N–H and O–H groups in total. The number of nitrogens with one attached hydrogen (secondary N) is 1. The maximum Gasteiger partial charge on any atom is 0.231 e. The fraction of sp³-hybridized carbons (Fsp3) is 0.333. The second-order valence-electron chi connectivity index (χ2n) is 4.43. The summed E-state index contributed by atoms with van der Waals surface area (Å²) in [4.78, 5) is 21.6. The fourth-order valence-corrected chi connectivity index (χ4v) is 1.86. The number of amides is 1. The van der Waals surface area contributed by atoms with Gasteiger partial charge in [0.05, 0.1) is 6.07 Å². The van der Waals surface area contributed by atoms with Crippen LogP contribution in [0.2, 0.25) is 0 Å². The molecule has 0 bridgehead atoms. The van der Waals surface area contributed by atoms with Gasteiger partial charge in [-0.1, -0.05) is 6.07 Å². The van der Waals surface area contributed by atoms with Crippen LogP contribution in [-0.2, 0) is 4.79 Å². The van der Waals surface area contributed by atoms with E-state index in [4.69, 9.17) is 5.26 Å². The van der Waals surface area contributed by atoms with Gasteiger partial charge in [-0.25, -0.2) is 8.78 Å². The third kappa shape index (κ3) is 2.71. The number of hydrogen-bond acceptors (Lipinski definition) is 4. The highest BCUT2D eigenvalue weighted by atomic mass is 19.1. The van der Waals surface area contributed by atoms with Crippen LogP contribution < -0.4 is 5.32 Å². The lowest BCUT2D eigenvalue weighted by molar-refractivity contribution is -0.497. The quantitative estimate of drug-likeness (QED) is 0.664. The number of halogens is 2. The molecule has 1 aliphatic carbocycles. The molecule has 2 rings (SSSR count). The maximum atomic E-state index is 13.5. The first-order chi connectivity index (χ1) is 9.43. The molecule has 0 saturated heterocycles. The van der Waals surface area contributed by atoms with Gasteiger partial charge in [0.1, 0.15) is 23.6 Å².